The lowest BCUT2D eigenvalue weighted by molar-refractivity contribution is -0.143. The van der Waals surface area contributed by atoms with Crippen LogP contribution in [-0.2, 0) is 4.79 Å². The molecule has 0 amide bonds. The molecule has 0 aliphatic carbocycles. The van der Waals surface area contributed by atoms with Crippen LogP contribution in [0.1, 0.15) is 25.1 Å². The third-order valence-corrected chi connectivity index (χ3v) is 2.45. The average Bonchev–Trinajstić information content (AvgIpc) is 2.21. The molecule has 0 bridgehead atoms. The third-order valence-electron chi connectivity index (χ3n) is 2.45. The predicted octanol–water partition coefficient (Wildman–Crippen LogP) is 1.30. The van der Waals surface area contributed by atoms with Gasteiger partial charge in [0.2, 0.25) is 0 Å². The van der Waals surface area contributed by atoms with Gasteiger partial charge >= 0.3 is 5.97 Å². The Morgan fingerprint density at radius 1 is 1.47 bits per heavy atom. The third kappa shape index (κ3) is 3.07. The van der Waals surface area contributed by atoms with Gasteiger partial charge in [-0.05, 0) is 24.6 Å². The van der Waals surface area contributed by atoms with Crippen molar-refractivity contribution in [3.8, 4) is 11.5 Å². The number of carboxylic acids is 1. The Kier molecular flexibility index (Phi) is 3.57. The highest BCUT2D eigenvalue weighted by Crippen LogP contribution is 2.32. The van der Waals surface area contributed by atoms with Crippen LogP contribution >= 0.6 is 0 Å². The number of alkyl halides is 1. The molecule has 94 valence electrons. The zero-order chi connectivity index (χ0) is 13.2. The number of halogens is 1. The highest BCUT2D eigenvalue weighted by molar-refractivity contribution is 5.77. The SMILES string of the molecule is CC(N)(CC(F)c1ccc(O)c(O)c1)C(=O)O. The van der Waals surface area contributed by atoms with E-state index in [1.165, 1.54) is 13.0 Å². The molecule has 0 heterocycles. The van der Waals surface area contributed by atoms with Gasteiger partial charge in [0.05, 0.1) is 0 Å². The second-order valence-corrected chi connectivity index (χ2v) is 4.14. The van der Waals surface area contributed by atoms with Gasteiger partial charge in [-0.15, -0.1) is 0 Å². The largest absolute Gasteiger partial charge is 0.504 e. The summed E-state index contributed by atoms with van der Waals surface area (Å²) in [6.07, 6.45) is -2.06. The number of aromatic hydroxyl groups is 2. The van der Waals surface area contributed by atoms with Crippen molar-refractivity contribution in [3.05, 3.63) is 23.8 Å². The number of benzene rings is 1. The van der Waals surface area contributed by atoms with Gasteiger partial charge in [-0.25, -0.2) is 4.39 Å². The minimum absolute atomic E-state index is 0.0678. The summed E-state index contributed by atoms with van der Waals surface area (Å²) in [5, 5.41) is 27.0. The van der Waals surface area contributed by atoms with Crippen LogP contribution in [0.4, 0.5) is 4.39 Å². The van der Waals surface area contributed by atoms with E-state index in [1.807, 2.05) is 0 Å². The Morgan fingerprint density at radius 3 is 2.53 bits per heavy atom. The molecule has 1 aromatic carbocycles. The molecule has 0 saturated heterocycles. The van der Waals surface area contributed by atoms with E-state index in [0.717, 1.165) is 12.1 Å². The second kappa shape index (κ2) is 4.58. The van der Waals surface area contributed by atoms with Gasteiger partial charge < -0.3 is 21.1 Å². The van der Waals surface area contributed by atoms with Gasteiger partial charge in [0.15, 0.2) is 11.5 Å². The number of carbonyl (C=O) groups is 1. The zero-order valence-electron chi connectivity index (χ0n) is 9.22. The molecule has 0 fully saturated rings. The lowest BCUT2D eigenvalue weighted by Crippen LogP contribution is -2.45. The predicted molar refractivity (Wildman–Crippen MR) is 58.5 cm³/mol. The quantitative estimate of drug-likeness (QED) is 0.597. The van der Waals surface area contributed by atoms with Crippen LogP contribution in [0.15, 0.2) is 18.2 Å². The van der Waals surface area contributed by atoms with E-state index in [1.54, 1.807) is 0 Å². The fourth-order valence-electron chi connectivity index (χ4n) is 1.31. The topological polar surface area (TPSA) is 104 Å². The molecule has 0 aromatic heterocycles. The number of phenolic OH excluding ortho intramolecular Hbond substituents is 2. The lowest BCUT2D eigenvalue weighted by Gasteiger charge is -2.21. The molecule has 2 unspecified atom stereocenters. The number of nitrogens with two attached hydrogens (primary N) is 1. The van der Waals surface area contributed by atoms with Crippen LogP contribution in [0.3, 0.4) is 0 Å². The van der Waals surface area contributed by atoms with E-state index in [2.05, 4.69) is 0 Å². The summed E-state index contributed by atoms with van der Waals surface area (Å²) in [6, 6.07) is 3.43. The Labute approximate surface area is 97.3 Å². The summed E-state index contributed by atoms with van der Waals surface area (Å²) in [5.41, 5.74) is 3.79. The molecule has 1 aromatic rings. The maximum absolute atomic E-state index is 13.8. The lowest BCUT2D eigenvalue weighted by atomic mass is 9.93. The van der Waals surface area contributed by atoms with E-state index in [4.69, 9.17) is 15.9 Å². The van der Waals surface area contributed by atoms with Crippen LogP contribution in [-0.4, -0.2) is 26.8 Å². The van der Waals surface area contributed by atoms with Gasteiger partial charge in [-0.3, -0.25) is 4.79 Å². The second-order valence-electron chi connectivity index (χ2n) is 4.14. The minimum atomic E-state index is -1.69. The van der Waals surface area contributed by atoms with Crippen LogP contribution < -0.4 is 5.73 Å². The average molecular weight is 243 g/mol. The molecule has 2 atom stereocenters. The molecular formula is C11H14FNO4. The molecular weight excluding hydrogens is 229 g/mol. The Hall–Kier alpha value is -1.82. The number of carboxylic acid groups (broad SMARTS) is 1. The van der Waals surface area contributed by atoms with E-state index >= 15 is 0 Å². The minimum Gasteiger partial charge on any atom is -0.504 e. The van der Waals surface area contributed by atoms with Crippen molar-refractivity contribution in [3.63, 3.8) is 0 Å². The van der Waals surface area contributed by atoms with Crippen molar-refractivity contribution in [2.75, 3.05) is 0 Å². The molecule has 1 rings (SSSR count). The van der Waals surface area contributed by atoms with Crippen LogP contribution in [0, 0.1) is 0 Å². The van der Waals surface area contributed by atoms with Crippen LogP contribution in [0.2, 0.25) is 0 Å². The van der Waals surface area contributed by atoms with Crippen molar-refractivity contribution in [2.24, 2.45) is 5.73 Å². The van der Waals surface area contributed by atoms with Gasteiger partial charge in [0, 0.05) is 6.42 Å². The maximum Gasteiger partial charge on any atom is 0.323 e. The van der Waals surface area contributed by atoms with E-state index in [-0.39, 0.29) is 11.3 Å². The molecule has 0 saturated carbocycles. The number of phenols is 2. The molecule has 0 aliphatic heterocycles. The Morgan fingerprint density at radius 2 is 2.06 bits per heavy atom. The molecule has 17 heavy (non-hydrogen) atoms. The maximum atomic E-state index is 13.8. The normalized spacial score (nSPS) is 16.2. The van der Waals surface area contributed by atoms with Gasteiger partial charge in [-0.2, -0.15) is 0 Å². The molecule has 0 radical (unpaired) electrons. The van der Waals surface area contributed by atoms with Crippen molar-refractivity contribution in [1.82, 2.24) is 0 Å². The van der Waals surface area contributed by atoms with E-state index in [9.17, 15) is 14.3 Å². The van der Waals surface area contributed by atoms with Crippen molar-refractivity contribution in [2.45, 2.75) is 25.1 Å². The first-order valence-electron chi connectivity index (χ1n) is 4.92. The number of hydrogen-bond acceptors (Lipinski definition) is 4. The van der Waals surface area contributed by atoms with Crippen molar-refractivity contribution < 1.29 is 24.5 Å². The summed E-state index contributed by atoms with van der Waals surface area (Å²) in [4.78, 5) is 10.7. The van der Waals surface area contributed by atoms with Crippen LogP contribution in [0.25, 0.3) is 0 Å². The Bertz CT molecular complexity index is 433. The number of aliphatic carboxylic acids is 1. The Balaban J connectivity index is 2.87. The van der Waals surface area contributed by atoms with Crippen molar-refractivity contribution >= 4 is 5.97 Å². The van der Waals surface area contributed by atoms with Gasteiger partial charge in [0.1, 0.15) is 11.7 Å². The first-order valence-corrected chi connectivity index (χ1v) is 4.92. The van der Waals surface area contributed by atoms with Crippen LogP contribution in [0.5, 0.6) is 11.5 Å². The summed E-state index contributed by atoms with van der Waals surface area (Å²) < 4.78 is 13.8. The first-order chi connectivity index (χ1) is 7.74. The molecule has 5 nitrogen and oxygen atoms in total. The molecule has 6 heteroatoms. The van der Waals surface area contributed by atoms with E-state index < -0.39 is 29.9 Å². The zero-order valence-corrected chi connectivity index (χ0v) is 9.22. The first kappa shape index (κ1) is 13.2. The summed E-state index contributed by atoms with van der Waals surface area (Å²) in [5.74, 6) is -2.13. The van der Waals surface area contributed by atoms with Crippen molar-refractivity contribution in [1.29, 1.82) is 0 Å². The fourth-order valence-corrected chi connectivity index (χ4v) is 1.31. The fraction of sp³-hybridized carbons (Fsp3) is 0.364. The standard InChI is InChI=1S/C11H14FNO4/c1-11(13,10(16)17)5-7(12)6-2-3-8(14)9(15)4-6/h2-4,7,14-15H,5,13H2,1H3,(H,16,17). The highest BCUT2D eigenvalue weighted by atomic mass is 19.1. The van der Waals surface area contributed by atoms with Gasteiger partial charge in [-0.1, -0.05) is 6.07 Å². The summed E-state index contributed by atoms with van der Waals surface area (Å²) in [7, 11) is 0. The number of rotatable bonds is 4. The molecule has 0 spiro atoms. The molecule has 5 N–H and O–H groups in total. The summed E-state index contributed by atoms with van der Waals surface area (Å²) in [6.45, 7) is 1.21. The number of hydrogen-bond donors (Lipinski definition) is 4. The highest BCUT2D eigenvalue weighted by Gasteiger charge is 2.32. The molecule has 0 aliphatic rings. The van der Waals surface area contributed by atoms with Gasteiger partial charge in [0.25, 0.3) is 0 Å². The smallest absolute Gasteiger partial charge is 0.323 e. The summed E-state index contributed by atoms with van der Waals surface area (Å²) >= 11 is 0. The van der Waals surface area contributed by atoms with E-state index in [0.29, 0.717) is 0 Å². The monoisotopic (exact) mass is 243 g/mol.